The number of nitrogen functional groups attached to an aromatic ring is 1. The molecule has 2 unspecified atom stereocenters. The van der Waals surface area contributed by atoms with Gasteiger partial charge in [0.05, 0.1) is 24.9 Å². The van der Waals surface area contributed by atoms with Gasteiger partial charge in [0.1, 0.15) is 11.6 Å². The molecule has 4 heterocycles. The Balaban J connectivity index is 1.34. The molecule has 0 saturated carbocycles. The summed E-state index contributed by atoms with van der Waals surface area (Å²) in [4.78, 5) is 47.3. The molecular formula is C25H27N7O4. The van der Waals surface area contributed by atoms with Crippen LogP contribution in [-0.2, 0) is 9.59 Å². The van der Waals surface area contributed by atoms with Crippen molar-refractivity contribution in [3.63, 3.8) is 0 Å². The van der Waals surface area contributed by atoms with Crippen molar-refractivity contribution in [2.24, 2.45) is 0 Å². The average Bonchev–Trinajstić information content (AvgIpc) is 3.54. The molecule has 3 N–H and O–H groups in total. The number of piperazine rings is 1. The Hall–Kier alpha value is -4.41. The first-order valence-corrected chi connectivity index (χ1v) is 11.7. The van der Waals surface area contributed by atoms with Gasteiger partial charge in [-0.3, -0.25) is 14.4 Å². The van der Waals surface area contributed by atoms with Crippen LogP contribution in [0.2, 0.25) is 0 Å². The third-order valence-corrected chi connectivity index (χ3v) is 6.66. The number of nitrogens with two attached hydrogens (primary N) is 1. The molecule has 0 bridgehead atoms. The molecule has 0 radical (unpaired) electrons. The number of Topliss-reactive ketones (excluding diaryl/α,β-unsaturated/α-hetero) is 1. The summed E-state index contributed by atoms with van der Waals surface area (Å²) in [5.74, 6) is -0.718. The van der Waals surface area contributed by atoms with E-state index in [2.05, 4.69) is 15.4 Å². The molecule has 11 heteroatoms. The van der Waals surface area contributed by atoms with Crippen LogP contribution in [0.25, 0.3) is 5.82 Å². The van der Waals surface area contributed by atoms with E-state index in [1.807, 2.05) is 25.1 Å². The summed E-state index contributed by atoms with van der Waals surface area (Å²) in [6.45, 7) is 3.03. The molecule has 1 saturated heterocycles. The highest BCUT2D eigenvalue weighted by molar-refractivity contribution is 6.38. The van der Waals surface area contributed by atoms with E-state index in [-0.39, 0.29) is 31.6 Å². The lowest BCUT2D eigenvalue weighted by molar-refractivity contribution is -0.146. The zero-order chi connectivity index (χ0) is 25.4. The normalized spacial score (nSPS) is 18.9. The lowest BCUT2D eigenvalue weighted by Gasteiger charge is -2.39. The quantitative estimate of drug-likeness (QED) is 0.512. The molecule has 11 nitrogen and oxygen atoms in total. The van der Waals surface area contributed by atoms with Gasteiger partial charge < -0.3 is 25.6 Å². The monoisotopic (exact) mass is 489 g/mol. The van der Waals surface area contributed by atoms with E-state index in [9.17, 15) is 14.4 Å². The summed E-state index contributed by atoms with van der Waals surface area (Å²) in [7, 11) is 1.50. The Bertz CT molecular complexity index is 1320. The topological polar surface area (TPSA) is 136 Å². The van der Waals surface area contributed by atoms with Crippen LogP contribution >= 0.6 is 0 Å². The SMILES string of the molecule is COc1cnc(-n2ccc(N)n2)c2c1C(C(=O)C(=O)N1CCN(C(=O)c3ccccc3)C(C)C1)CN2. The van der Waals surface area contributed by atoms with E-state index >= 15 is 0 Å². The van der Waals surface area contributed by atoms with Gasteiger partial charge in [-0.05, 0) is 19.1 Å². The van der Waals surface area contributed by atoms with Gasteiger partial charge in [-0.2, -0.15) is 0 Å². The van der Waals surface area contributed by atoms with Gasteiger partial charge >= 0.3 is 0 Å². The van der Waals surface area contributed by atoms with Gasteiger partial charge in [0, 0.05) is 55.6 Å². The summed E-state index contributed by atoms with van der Waals surface area (Å²) in [6, 6.07) is 10.5. The van der Waals surface area contributed by atoms with Gasteiger partial charge in [-0.25, -0.2) is 9.67 Å². The van der Waals surface area contributed by atoms with Crippen molar-refractivity contribution in [3.8, 4) is 11.6 Å². The molecule has 36 heavy (non-hydrogen) atoms. The zero-order valence-electron chi connectivity index (χ0n) is 20.0. The van der Waals surface area contributed by atoms with E-state index in [1.54, 1.807) is 29.3 Å². The lowest BCUT2D eigenvalue weighted by Crippen LogP contribution is -2.57. The molecule has 3 aromatic rings. The first kappa shape index (κ1) is 23.3. The molecule has 0 aliphatic carbocycles. The van der Waals surface area contributed by atoms with Crippen LogP contribution in [-0.4, -0.2) is 81.5 Å². The maximum atomic E-state index is 13.4. The highest BCUT2D eigenvalue weighted by Crippen LogP contribution is 2.42. The van der Waals surface area contributed by atoms with Gasteiger partial charge in [-0.1, -0.05) is 18.2 Å². The fraction of sp³-hybridized carbons (Fsp3) is 0.320. The van der Waals surface area contributed by atoms with Gasteiger partial charge in [0.25, 0.3) is 11.8 Å². The number of hydrogen-bond donors (Lipinski definition) is 2. The molecule has 2 atom stereocenters. The number of fused-ring (bicyclic) bond motifs is 1. The van der Waals surface area contributed by atoms with E-state index < -0.39 is 17.6 Å². The number of ketones is 1. The van der Waals surface area contributed by atoms with Crippen LogP contribution in [0, 0.1) is 0 Å². The van der Waals surface area contributed by atoms with Crippen LogP contribution in [0.4, 0.5) is 11.5 Å². The summed E-state index contributed by atoms with van der Waals surface area (Å²) < 4.78 is 6.99. The summed E-state index contributed by atoms with van der Waals surface area (Å²) in [6.07, 6.45) is 3.18. The molecule has 186 valence electrons. The maximum Gasteiger partial charge on any atom is 0.290 e. The largest absolute Gasteiger partial charge is 0.495 e. The number of nitrogens with one attached hydrogen (secondary N) is 1. The number of methoxy groups -OCH3 is 1. The first-order valence-electron chi connectivity index (χ1n) is 11.7. The second-order valence-corrected chi connectivity index (χ2v) is 8.89. The molecule has 2 amide bonds. The number of amides is 2. The van der Waals surface area contributed by atoms with Gasteiger partial charge in [-0.15, -0.1) is 5.10 Å². The van der Waals surface area contributed by atoms with E-state index in [1.165, 1.54) is 22.9 Å². The number of pyridine rings is 1. The summed E-state index contributed by atoms with van der Waals surface area (Å²) in [5.41, 5.74) is 7.50. The summed E-state index contributed by atoms with van der Waals surface area (Å²) >= 11 is 0. The van der Waals surface area contributed by atoms with Crippen LogP contribution in [0.5, 0.6) is 5.75 Å². The minimum Gasteiger partial charge on any atom is -0.495 e. The number of rotatable bonds is 5. The number of ether oxygens (including phenoxy) is 1. The highest BCUT2D eigenvalue weighted by atomic mass is 16.5. The van der Waals surface area contributed by atoms with Crippen LogP contribution in [0.1, 0.15) is 28.8 Å². The highest BCUT2D eigenvalue weighted by Gasteiger charge is 2.40. The first-order chi connectivity index (χ1) is 17.4. The lowest BCUT2D eigenvalue weighted by atomic mass is 9.95. The summed E-state index contributed by atoms with van der Waals surface area (Å²) in [5, 5.41) is 7.40. The number of carbonyl (C=O) groups is 3. The Morgan fingerprint density at radius 3 is 2.58 bits per heavy atom. The minimum atomic E-state index is -0.739. The molecule has 2 aliphatic heterocycles. The zero-order valence-corrected chi connectivity index (χ0v) is 20.0. The number of anilines is 2. The van der Waals surface area contributed by atoms with Crippen molar-refractivity contribution >= 4 is 29.1 Å². The smallest absolute Gasteiger partial charge is 0.290 e. The fourth-order valence-corrected chi connectivity index (χ4v) is 4.84. The van der Waals surface area contributed by atoms with Crippen molar-refractivity contribution in [1.29, 1.82) is 0 Å². The van der Waals surface area contributed by atoms with Crippen molar-refractivity contribution in [2.75, 3.05) is 44.3 Å². The van der Waals surface area contributed by atoms with E-state index in [0.717, 1.165) is 0 Å². The van der Waals surface area contributed by atoms with Crippen LogP contribution < -0.4 is 15.8 Å². The second-order valence-electron chi connectivity index (χ2n) is 8.89. The number of benzene rings is 1. The predicted molar refractivity (Wildman–Crippen MR) is 132 cm³/mol. The van der Waals surface area contributed by atoms with Crippen molar-refractivity contribution in [1.82, 2.24) is 24.6 Å². The Morgan fingerprint density at radius 2 is 1.92 bits per heavy atom. The molecule has 2 aromatic heterocycles. The second kappa shape index (κ2) is 9.33. The fourth-order valence-electron chi connectivity index (χ4n) is 4.84. The maximum absolute atomic E-state index is 13.4. The Labute approximate surface area is 207 Å². The molecule has 1 aromatic carbocycles. The molecule has 5 rings (SSSR count). The van der Waals surface area contributed by atoms with Crippen LogP contribution in [0.15, 0.2) is 48.8 Å². The Kier molecular flexibility index (Phi) is 6.05. The molecule has 0 spiro atoms. The van der Waals surface area contributed by atoms with Crippen molar-refractivity contribution in [2.45, 2.75) is 18.9 Å². The molecule has 1 fully saturated rings. The minimum absolute atomic E-state index is 0.0838. The van der Waals surface area contributed by atoms with Gasteiger partial charge in [0.15, 0.2) is 5.82 Å². The predicted octanol–water partition coefficient (Wildman–Crippen LogP) is 1.31. The van der Waals surface area contributed by atoms with Gasteiger partial charge in [0.2, 0.25) is 5.78 Å². The average molecular weight is 490 g/mol. The molecule has 2 aliphatic rings. The number of carbonyl (C=O) groups excluding carboxylic acids is 3. The number of aromatic nitrogens is 3. The van der Waals surface area contributed by atoms with Crippen molar-refractivity contribution in [3.05, 3.63) is 59.9 Å². The standard InChI is InChI=1S/C25H27N7O4/c1-15-14-30(10-11-31(15)24(34)16-6-4-3-5-7-16)25(35)22(33)17-12-27-21-20(17)18(36-2)13-28-23(21)32-9-8-19(26)29-32/h3-9,13,15,17,27H,10-12,14H2,1-2H3,(H2,26,29). The van der Waals surface area contributed by atoms with E-state index in [4.69, 9.17) is 10.5 Å². The third kappa shape index (κ3) is 4.02. The number of nitrogens with zero attached hydrogens (tertiary/aromatic N) is 5. The number of hydrogen-bond acceptors (Lipinski definition) is 8. The third-order valence-electron chi connectivity index (χ3n) is 6.66. The molecular weight excluding hydrogens is 462 g/mol. The van der Waals surface area contributed by atoms with E-state index in [0.29, 0.717) is 40.7 Å². The Morgan fingerprint density at radius 1 is 1.14 bits per heavy atom. The van der Waals surface area contributed by atoms with Crippen LogP contribution in [0.3, 0.4) is 0 Å². The van der Waals surface area contributed by atoms with Crippen molar-refractivity contribution < 1.29 is 19.1 Å².